The van der Waals surface area contributed by atoms with Gasteiger partial charge >= 0.3 is 0 Å². The lowest BCUT2D eigenvalue weighted by atomic mass is 10.3. The quantitative estimate of drug-likeness (QED) is 0.552. The molecule has 1 unspecified atom stereocenters. The lowest BCUT2D eigenvalue weighted by Crippen LogP contribution is -2.45. The Morgan fingerprint density at radius 2 is 1.88 bits per heavy atom. The number of nitrogens with one attached hydrogen (secondary N) is 2. The summed E-state index contributed by atoms with van der Waals surface area (Å²) >= 11 is 0. The molecule has 0 saturated heterocycles. The second-order valence-corrected chi connectivity index (χ2v) is 4.30. The van der Waals surface area contributed by atoms with Gasteiger partial charge in [-0.2, -0.15) is 0 Å². The molecule has 0 heterocycles. The first kappa shape index (κ1) is 16.4. The molecule has 0 saturated carbocycles. The van der Waals surface area contributed by atoms with Crippen molar-refractivity contribution < 1.29 is 14.3 Å². The van der Waals surface area contributed by atoms with Gasteiger partial charge in [-0.1, -0.05) is 0 Å². The van der Waals surface area contributed by atoms with Gasteiger partial charge in [-0.15, -0.1) is 0 Å². The van der Waals surface area contributed by atoms with Crippen LogP contribution in [0.2, 0.25) is 0 Å². The molecule has 0 aliphatic rings. The highest BCUT2D eigenvalue weighted by Crippen LogP contribution is 1.86. The fourth-order valence-corrected chi connectivity index (χ4v) is 1.26. The van der Waals surface area contributed by atoms with Crippen LogP contribution in [0.1, 0.15) is 27.2 Å². The van der Waals surface area contributed by atoms with Crippen LogP contribution >= 0.6 is 0 Å². The van der Waals surface area contributed by atoms with Gasteiger partial charge in [0.15, 0.2) is 0 Å². The molecule has 0 aliphatic carbocycles. The van der Waals surface area contributed by atoms with E-state index in [1.165, 1.54) is 0 Å². The molecular formula is C12H26N2O3. The zero-order valence-electron chi connectivity index (χ0n) is 11.4. The standard InChI is InChI=1S/C12H26N2O3/c1-10(2)14-12(15)11(3)13-6-9-17-8-5-7-16-4/h10-11,13H,5-9H2,1-4H3,(H,14,15). The van der Waals surface area contributed by atoms with E-state index in [2.05, 4.69) is 10.6 Å². The molecular weight excluding hydrogens is 220 g/mol. The summed E-state index contributed by atoms with van der Waals surface area (Å²) in [7, 11) is 1.68. The molecule has 0 spiro atoms. The second kappa shape index (κ2) is 10.5. The van der Waals surface area contributed by atoms with Gasteiger partial charge in [-0.05, 0) is 27.2 Å². The van der Waals surface area contributed by atoms with Crippen molar-refractivity contribution in [3.63, 3.8) is 0 Å². The van der Waals surface area contributed by atoms with Crippen molar-refractivity contribution in [1.29, 1.82) is 0 Å². The van der Waals surface area contributed by atoms with Crippen molar-refractivity contribution in [2.75, 3.05) is 33.5 Å². The molecule has 0 rings (SSSR count). The molecule has 0 aromatic rings. The molecule has 0 bridgehead atoms. The molecule has 0 aliphatic heterocycles. The lowest BCUT2D eigenvalue weighted by molar-refractivity contribution is -0.123. The van der Waals surface area contributed by atoms with Crippen LogP contribution in [0.15, 0.2) is 0 Å². The zero-order valence-corrected chi connectivity index (χ0v) is 11.4. The van der Waals surface area contributed by atoms with Crippen molar-refractivity contribution in [2.24, 2.45) is 0 Å². The van der Waals surface area contributed by atoms with Crippen molar-refractivity contribution in [2.45, 2.75) is 39.3 Å². The Balaban J connectivity index is 3.38. The highest BCUT2D eigenvalue weighted by atomic mass is 16.5. The highest BCUT2D eigenvalue weighted by Gasteiger charge is 2.11. The molecule has 5 nitrogen and oxygen atoms in total. The van der Waals surface area contributed by atoms with E-state index in [-0.39, 0.29) is 18.0 Å². The molecule has 17 heavy (non-hydrogen) atoms. The Hall–Kier alpha value is -0.650. The minimum atomic E-state index is -0.181. The maximum Gasteiger partial charge on any atom is 0.237 e. The summed E-state index contributed by atoms with van der Waals surface area (Å²) in [6.45, 7) is 8.46. The van der Waals surface area contributed by atoms with Crippen LogP contribution in [-0.4, -0.2) is 51.5 Å². The smallest absolute Gasteiger partial charge is 0.237 e. The van der Waals surface area contributed by atoms with Gasteiger partial charge in [0.2, 0.25) is 5.91 Å². The van der Waals surface area contributed by atoms with E-state index in [4.69, 9.17) is 9.47 Å². The number of methoxy groups -OCH3 is 1. The summed E-state index contributed by atoms with van der Waals surface area (Å²) in [5, 5.41) is 5.96. The Morgan fingerprint density at radius 3 is 2.47 bits per heavy atom. The Bertz CT molecular complexity index is 198. The number of rotatable bonds is 10. The molecule has 5 heteroatoms. The third-order valence-electron chi connectivity index (χ3n) is 2.16. The molecule has 2 N–H and O–H groups in total. The Morgan fingerprint density at radius 1 is 1.18 bits per heavy atom. The minimum Gasteiger partial charge on any atom is -0.385 e. The van der Waals surface area contributed by atoms with Gasteiger partial charge in [-0.25, -0.2) is 0 Å². The number of ether oxygens (including phenoxy) is 2. The molecule has 0 radical (unpaired) electrons. The topological polar surface area (TPSA) is 59.6 Å². The first-order chi connectivity index (χ1) is 8.07. The maximum absolute atomic E-state index is 11.5. The second-order valence-electron chi connectivity index (χ2n) is 4.30. The van der Waals surface area contributed by atoms with Gasteiger partial charge in [0, 0.05) is 32.9 Å². The van der Waals surface area contributed by atoms with Crippen LogP contribution in [0, 0.1) is 0 Å². The number of carbonyl (C=O) groups excluding carboxylic acids is 1. The third kappa shape index (κ3) is 10.2. The number of carbonyl (C=O) groups is 1. The first-order valence-corrected chi connectivity index (χ1v) is 6.18. The zero-order chi connectivity index (χ0) is 13.1. The molecule has 1 amide bonds. The van der Waals surface area contributed by atoms with Crippen LogP contribution in [0.3, 0.4) is 0 Å². The van der Waals surface area contributed by atoms with Gasteiger partial charge in [0.05, 0.1) is 12.6 Å². The van der Waals surface area contributed by atoms with E-state index >= 15 is 0 Å². The summed E-state index contributed by atoms with van der Waals surface area (Å²) < 4.78 is 10.3. The van der Waals surface area contributed by atoms with E-state index in [1.807, 2.05) is 20.8 Å². The fourth-order valence-electron chi connectivity index (χ4n) is 1.26. The number of hydrogen-bond donors (Lipinski definition) is 2. The molecule has 0 fully saturated rings. The number of hydrogen-bond acceptors (Lipinski definition) is 4. The monoisotopic (exact) mass is 246 g/mol. The van der Waals surface area contributed by atoms with Crippen molar-refractivity contribution in [3.8, 4) is 0 Å². The predicted molar refractivity (Wildman–Crippen MR) is 68.1 cm³/mol. The van der Waals surface area contributed by atoms with Crippen LogP contribution in [0.4, 0.5) is 0 Å². The lowest BCUT2D eigenvalue weighted by Gasteiger charge is -2.15. The largest absolute Gasteiger partial charge is 0.385 e. The van der Waals surface area contributed by atoms with Gasteiger partial charge in [0.1, 0.15) is 0 Å². The minimum absolute atomic E-state index is 0.0272. The third-order valence-corrected chi connectivity index (χ3v) is 2.16. The average molecular weight is 246 g/mol. The van der Waals surface area contributed by atoms with E-state index in [1.54, 1.807) is 7.11 Å². The highest BCUT2D eigenvalue weighted by molar-refractivity contribution is 5.81. The molecule has 0 aromatic carbocycles. The van der Waals surface area contributed by atoms with Gasteiger partial charge < -0.3 is 20.1 Å². The Kier molecular flexibility index (Phi) is 10.1. The van der Waals surface area contributed by atoms with Gasteiger partial charge in [-0.3, -0.25) is 4.79 Å². The summed E-state index contributed by atoms with van der Waals surface area (Å²) in [5.74, 6) is 0.0272. The van der Waals surface area contributed by atoms with Crippen LogP contribution in [0.5, 0.6) is 0 Å². The molecule has 1 atom stereocenters. The van der Waals surface area contributed by atoms with Crippen molar-refractivity contribution >= 4 is 5.91 Å². The summed E-state index contributed by atoms with van der Waals surface area (Å²) in [4.78, 5) is 11.5. The molecule has 102 valence electrons. The summed E-state index contributed by atoms with van der Waals surface area (Å²) in [5.41, 5.74) is 0. The predicted octanol–water partition coefficient (Wildman–Crippen LogP) is 0.542. The maximum atomic E-state index is 11.5. The summed E-state index contributed by atoms with van der Waals surface area (Å²) in [6, 6.07) is -0.00276. The van der Waals surface area contributed by atoms with Crippen LogP contribution < -0.4 is 10.6 Å². The fraction of sp³-hybridized carbons (Fsp3) is 0.917. The normalized spacial score (nSPS) is 12.8. The number of amides is 1. The Labute approximate surface area is 104 Å². The SMILES string of the molecule is COCCCOCCNC(C)C(=O)NC(C)C. The summed E-state index contributed by atoms with van der Waals surface area (Å²) in [6.07, 6.45) is 0.903. The first-order valence-electron chi connectivity index (χ1n) is 6.18. The average Bonchev–Trinajstić information content (AvgIpc) is 2.26. The molecule has 0 aromatic heterocycles. The van der Waals surface area contributed by atoms with Crippen molar-refractivity contribution in [3.05, 3.63) is 0 Å². The van der Waals surface area contributed by atoms with E-state index in [0.29, 0.717) is 19.8 Å². The van der Waals surface area contributed by atoms with E-state index in [9.17, 15) is 4.79 Å². The van der Waals surface area contributed by atoms with Gasteiger partial charge in [0.25, 0.3) is 0 Å². The van der Waals surface area contributed by atoms with Crippen LogP contribution in [-0.2, 0) is 14.3 Å². The van der Waals surface area contributed by atoms with E-state index in [0.717, 1.165) is 13.0 Å². The van der Waals surface area contributed by atoms with Crippen LogP contribution in [0.25, 0.3) is 0 Å². The van der Waals surface area contributed by atoms with E-state index < -0.39 is 0 Å². The van der Waals surface area contributed by atoms with Crippen molar-refractivity contribution in [1.82, 2.24) is 10.6 Å².